The SMILES string of the molecule is Cc1ccc(-n2nc3c(c2NC(=O)C(=O)NCc2ccco2)CS(=O)(=O)C3)c(C)c1. The molecule has 1 aliphatic heterocycles. The van der Waals surface area contributed by atoms with Crippen molar-refractivity contribution < 1.29 is 22.4 Å². The van der Waals surface area contributed by atoms with Gasteiger partial charge in [0, 0.05) is 5.56 Å². The van der Waals surface area contributed by atoms with Gasteiger partial charge in [0.05, 0.1) is 35.7 Å². The summed E-state index contributed by atoms with van der Waals surface area (Å²) in [5, 5.41) is 9.44. The number of hydrogen-bond acceptors (Lipinski definition) is 6. The van der Waals surface area contributed by atoms with Crippen molar-refractivity contribution in [2.24, 2.45) is 0 Å². The lowest BCUT2D eigenvalue weighted by Crippen LogP contribution is -2.35. The zero-order valence-corrected chi connectivity index (χ0v) is 17.2. The summed E-state index contributed by atoms with van der Waals surface area (Å²) in [6.07, 6.45) is 1.47. The standard InChI is InChI=1S/C20H20N4O5S/c1-12-5-6-17(13(2)8-12)24-18(15-10-30(27,28)11-16(15)23-24)22-20(26)19(25)21-9-14-4-3-7-29-14/h3-8H,9-11H2,1-2H3,(H,21,25)(H,22,26). The fourth-order valence-electron chi connectivity index (χ4n) is 3.41. The Morgan fingerprint density at radius 2 is 1.97 bits per heavy atom. The van der Waals surface area contributed by atoms with Gasteiger partial charge in [-0.05, 0) is 37.6 Å². The number of amides is 2. The van der Waals surface area contributed by atoms with Crippen LogP contribution in [0.1, 0.15) is 28.1 Å². The predicted octanol–water partition coefficient (Wildman–Crippen LogP) is 1.77. The minimum Gasteiger partial charge on any atom is -0.467 e. The van der Waals surface area contributed by atoms with Crippen molar-refractivity contribution >= 4 is 27.5 Å². The molecule has 0 saturated heterocycles. The molecule has 0 spiro atoms. The molecule has 0 radical (unpaired) electrons. The molecule has 0 aliphatic carbocycles. The Labute approximate surface area is 173 Å². The summed E-state index contributed by atoms with van der Waals surface area (Å²) < 4.78 is 30.7. The van der Waals surface area contributed by atoms with E-state index in [1.165, 1.54) is 10.9 Å². The van der Waals surface area contributed by atoms with Crippen LogP contribution in [0.15, 0.2) is 41.0 Å². The number of fused-ring (bicyclic) bond motifs is 1. The summed E-state index contributed by atoms with van der Waals surface area (Å²) in [5.41, 5.74) is 3.43. The molecule has 2 amide bonds. The molecule has 0 bridgehead atoms. The van der Waals surface area contributed by atoms with E-state index in [9.17, 15) is 18.0 Å². The third-order valence-corrected chi connectivity index (χ3v) is 6.25. The number of rotatable bonds is 4. The fraction of sp³-hybridized carbons (Fsp3) is 0.250. The van der Waals surface area contributed by atoms with Crippen LogP contribution in [0.3, 0.4) is 0 Å². The quantitative estimate of drug-likeness (QED) is 0.611. The fourth-order valence-corrected chi connectivity index (χ4v) is 4.91. The van der Waals surface area contributed by atoms with E-state index in [2.05, 4.69) is 15.7 Å². The van der Waals surface area contributed by atoms with Crippen LogP contribution >= 0.6 is 0 Å². The van der Waals surface area contributed by atoms with E-state index in [1.54, 1.807) is 12.1 Å². The van der Waals surface area contributed by atoms with E-state index in [0.717, 1.165) is 11.1 Å². The molecule has 0 atom stereocenters. The zero-order chi connectivity index (χ0) is 21.5. The third kappa shape index (κ3) is 3.86. The Morgan fingerprint density at radius 3 is 2.67 bits per heavy atom. The van der Waals surface area contributed by atoms with Gasteiger partial charge in [-0.3, -0.25) is 9.59 Å². The largest absolute Gasteiger partial charge is 0.467 e. The molecule has 0 unspecified atom stereocenters. The number of nitrogens with zero attached hydrogens (tertiary/aromatic N) is 2. The molecular weight excluding hydrogens is 408 g/mol. The highest BCUT2D eigenvalue weighted by Crippen LogP contribution is 2.33. The number of benzene rings is 1. The van der Waals surface area contributed by atoms with E-state index in [4.69, 9.17) is 4.42 Å². The molecule has 0 fully saturated rings. The van der Waals surface area contributed by atoms with Gasteiger partial charge in [-0.15, -0.1) is 0 Å². The van der Waals surface area contributed by atoms with Gasteiger partial charge < -0.3 is 15.1 Å². The van der Waals surface area contributed by atoms with Crippen LogP contribution in [0.4, 0.5) is 5.82 Å². The van der Waals surface area contributed by atoms with E-state index in [0.29, 0.717) is 22.7 Å². The van der Waals surface area contributed by atoms with Gasteiger partial charge in [-0.25, -0.2) is 13.1 Å². The molecule has 2 aromatic heterocycles. The lowest BCUT2D eigenvalue weighted by molar-refractivity contribution is -0.136. The second-order valence-corrected chi connectivity index (χ2v) is 9.29. The van der Waals surface area contributed by atoms with Crippen molar-refractivity contribution in [2.75, 3.05) is 5.32 Å². The minimum absolute atomic E-state index is 0.0576. The van der Waals surface area contributed by atoms with Crippen LogP contribution in [0.2, 0.25) is 0 Å². The van der Waals surface area contributed by atoms with Gasteiger partial charge >= 0.3 is 11.8 Å². The van der Waals surface area contributed by atoms with E-state index < -0.39 is 21.7 Å². The maximum Gasteiger partial charge on any atom is 0.314 e. The van der Waals surface area contributed by atoms with Crippen molar-refractivity contribution in [1.29, 1.82) is 0 Å². The molecule has 4 rings (SSSR count). The van der Waals surface area contributed by atoms with Crippen molar-refractivity contribution in [3.63, 3.8) is 0 Å². The number of furan rings is 1. The molecule has 0 saturated carbocycles. The van der Waals surface area contributed by atoms with Gasteiger partial charge in [0.25, 0.3) is 0 Å². The highest BCUT2D eigenvalue weighted by Gasteiger charge is 2.34. The maximum atomic E-state index is 12.5. The van der Waals surface area contributed by atoms with Gasteiger partial charge in [0.2, 0.25) is 0 Å². The molecule has 30 heavy (non-hydrogen) atoms. The molecule has 156 valence electrons. The Kier molecular flexibility index (Phi) is 4.94. The van der Waals surface area contributed by atoms with Gasteiger partial charge in [0.15, 0.2) is 9.84 Å². The average Bonchev–Trinajstić information content (AvgIpc) is 3.36. The first-order chi connectivity index (χ1) is 14.2. The average molecular weight is 428 g/mol. The summed E-state index contributed by atoms with van der Waals surface area (Å²) in [4.78, 5) is 24.7. The molecule has 9 nitrogen and oxygen atoms in total. The summed E-state index contributed by atoms with van der Waals surface area (Å²) in [6.45, 7) is 3.91. The molecule has 2 N–H and O–H groups in total. The highest BCUT2D eigenvalue weighted by atomic mass is 32.2. The summed E-state index contributed by atoms with van der Waals surface area (Å²) >= 11 is 0. The first kappa shape index (κ1) is 19.9. The normalized spacial score (nSPS) is 14.3. The number of hydrogen-bond donors (Lipinski definition) is 2. The molecule has 1 aliphatic rings. The Hall–Kier alpha value is -3.40. The van der Waals surface area contributed by atoms with Crippen molar-refractivity contribution in [1.82, 2.24) is 15.1 Å². The number of anilines is 1. The summed E-state index contributed by atoms with van der Waals surface area (Å²) in [7, 11) is -3.34. The smallest absolute Gasteiger partial charge is 0.314 e. The van der Waals surface area contributed by atoms with Crippen LogP contribution in [-0.2, 0) is 37.5 Å². The first-order valence-corrected chi connectivity index (χ1v) is 11.1. The molecule has 3 aromatic rings. The number of aryl methyl sites for hydroxylation is 2. The Balaban J connectivity index is 1.64. The van der Waals surface area contributed by atoms with Crippen LogP contribution < -0.4 is 10.6 Å². The lowest BCUT2D eigenvalue weighted by Gasteiger charge is -2.13. The van der Waals surface area contributed by atoms with Crippen LogP contribution in [0.5, 0.6) is 0 Å². The molecule has 1 aromatic carbocycles. The second-order valence-electron chi connectivity index (χ2n) is 7.22. The third-order valence-electron chi connectivity index (χ3n) is 4.81. The number of sulfone groups is 1. The summed E-state index contributed by atoms with van der Waals surface area (Å²) in [5.74, 6) is -1.53. The zero-order valence-electron chi connectivity index (χ0n) is 16.4. The predicted molar refractivity (Wildman–Crippen MR) is 109 cm³/mol. The molecule has 3 heterocycles. The van der Waals surface area contributed by atoms with E-state index in [1.807, 2.05) is 32.0 Å². The Morgan fingerprint density at radius 1 is 1.17 bits per heavy atom. The Bertz CT molecular complexity index is 1240. The minimum atomic E-state index is -3.34. The molecule has 10 heteroatoms. The maximum absolute atomic E-state index is 12.5. The number of carbonyl (C=O) groups excluding carboxylic acids is 2. The number of nitrogens with one attached hydrogen (secondary N) is 2. The highest BCUT2D eigenvalue weighted by molar-refractivity contribution is 7.90. The van der Waals surface area contributed by atoms with Crippen molar-refractivity contribution in [3.8, 4) is 5.69 Å². The monoisotopic (exact) mass is 428 g/mol. The topological polar surface area (TPSA) is 123 Å². The summed E-state index contributed by atoms with van der Waals surface area (Å²) in [6, 6.07) is 9.04. The van der Waals surface area contributed by atoms with Crippen LogP contribution in [-0.4, -0.2) is 30.0 Å². The van der Waals surface area contributed by atoms with E-state index in [-0.39, 0.29) is 23.9 Å². The van der Waals surface area contributed by atoms with Crippen LogP contribution in [0, 0.1) is 13.8 Å². The van der Waals surface area contributed by atoms with Crippen molar-refractivity contribution in [3.05, 3.63) is 64.7 Å². The van der Waals surface area contributed by atoms with Gasteiger partial charge in [-0.2, -0.15) is 5.10 Å². The number of carbonyl (C=O) groups is 2. The van der Waals surface area contributed by atoms with E-state index >= 15 is 0 Å². The van der Waals surface area contributed by atoms with Gasteiger partial charge in [0.1, 0.15) is 11.6 Å². The first-order valence-electron chi connectivity index (χ1n) is 9.24. The van der Waals surface area contributed by atoms with Gasteiger partial charge in [-0.1, -0.05) is 17.7 Å². The second kappa shape index (κ2) is 7.45. The van der Waals surface area contributed by atoms with Crippen molar-refractivity contribution in [2.45, 2.75) is 31.9 Å². The van der Waals surface area contributed by atoms with Crippen LogP contribution in [0.25, 0.3) is 5.69 Å². The lowest BCUT2D eigenvalue weighted by atomic mass is 10.1. The number of aromatic nitrogens is 2. The molecular formula is C20H20N4O5S.